The van der Waals surface area contributed by atoms with Gasteiger partial charge in [0.2, 0.25) is 0 Å². The molecule has 0 atom stereocenters. The van der Waals surface area contributed by atoms with E-state index in [1.165, 1.54) is 23.9 Å². The summed E-state index contributed by atoms with van der Waals surface area (Å²) in [4.78, 5) is 12.5. The van der Waals surface area contributed by atoms with Gasteiger partial charge in [-0.1, -0.05) is 71.4 Å². The van der Waals surface area contributed by atoms with E-state index in [2.05, 4.69) is 10.2 Å². The van der Waals surface area contributed by atoms with E-state index in [4.69, 9.17) is 0 Å². The van der Waals surface area contributed by atoms with Crippen molar-refractivity contribution in [3.8, 4) is 17.1 Å². The third kappa shape index (κ3) is 4.19. The molecule has 0 aliphatic heterocycles. The molecule has 0 aliphatic rings. The Morgan fingerprint density at radius 1 is 0.900 bits per heavy atom. The number of hydrogen-bond donors (Lipinski definition) is 0. The molecule has 0 spiro atoms. The Morgan fingerprint density at radius 3 is 2.20 bits per heavy atom. The molecule has 150 valence electrons. The highest BCUT2D eigenvalue weighted by Crippen LogP contribution is 2.29. The lowest BCUT2D eigenvalue weighted by molar-refractivity contribution is 0.101. The molecule has 3 aromatic carbocycles. The number of aromatic nitrogens is 3. The summed E-state index contributed by atoms with van der Waals surface area (Å²) in [6.07, 6.45) is 0. The van der Waals surface area contributed by atoms with Crippen LogP contribution in [0.2, 0.25) is 0 Å². The second-order valence-corrected chi connectivity index (χ2v) is 7.98. The van der Waals surface area contributed by atoms with Gasteiger partial charge in [-0.25, -0.2) is 4.39 Å². The number of nitrogens with zero attached hydrogens (tertiary/aromatic N) is 3. The molecule has 0 aliphatic carbocycles. The van der Waals surface area contributed by atoms with E-state index in [0.29, 0.717) is 11.0 Å². The molecule has 0 saturated carbocycles. The second kappa shape index (κ2) is 8.63. The van der Waals surface area contributed by atoms with Crippen LogP contribution in [0.1, 0.15) is 21.5 Å². The lowest BCUT2D eigenvalue weighted by Crippen LogP contribution is -2.07. The van der Waals surface area contributed by atoms with Gasteiger partial charge in [-0.05, 0) is 38.1 Å². The van der Waals surface area contributed by atoms with Gasteiger partial charge in [-0.15, -0.1) is 10.2 Å². The lowest BCUT2D eigenvalue weighted by Gasteiger charge is -2.11. The summed E-state index contributed by atoms with van der Waals surface area (Å²) in [5, 5.41) is 9.30. The Hall–Kier alpha value is -3.25. The average molecular weight is 418 g/mol. The van der Waals surface area contributed by atoms with Gasteiger partial charge in [-0.3, -0.25) is 9.36 Å². The number of hydrogen-bond acceptors (Lipinski definition) is 4. The van der Waals surface area contributed by atoms with Crippen LogP contribution in [0, 0.1) is 19.7 Å². The molecular formula is C24H20FN3OS. The number of benzene rings is 3. The van der Waals surface area contributed by atoms with E-state index in [1.807, 2.05) is 66.9 Å². The quantitative estimate of drug-likeness (QED) is 0.300. The van der Waals surface area contributed by atoms with Crippen molar-refractivity contribution in [2.45, 2.75) is 19.0 Å². The molecule has 1 aromatic heterocycles. The molecule has 1 heterocycles. The second-order valence-electron chi connectivity index (χ2n) is 7.03. The van der Waals surface area contributed by atoms with Gasteiger partial charge in [0.25, 0.3) is 0 Å². The monoisotopic (exact) mass is 417 g/mol. The van der Waals surface area contributed by atoms with Gasteiger partial charge < -0.3 is 0 Å². The number of rotatable bonds is 6. The van der Waals surface area contributed by atoms with E-state index in [-0.39, 0.29) is 17.1 Å². The molecule has 30 heavy (non-hydrogen) atoms. The van der Waals surface area contributed by atoms with Crippen LogP contribution >= 0.6 is 11.8 Å². The number of aryl methyl sites for hydroxylation is 2. The molecule has 0 bridgehead atoms. The first-order valence-electron chi connectivity index (χ1n) is 9.53. The van der Waals surface area contributed by atoms with Crippen LogP contribution in [0.5, 0.6) is 0 Å². The van der Waals surface area contributed by atoms with Crippen molar-refractivity contribution in [1.82, 2.24) is 14.8 Å². The average Bonchev–Trinajstić information content (AvgIpc) is 3.17. The topological polar surface area (TPSA) is 47.8 Å². The first-order valence-corrected chi connectivity index (χ1v) is 10.5. The van der Waals surface area contributed by atoms with Crippen molar-refractivity contribution in [3.63, 3.8) is 0 Å². The predicted molar refractivity (Wildman–Crippen MR) is 118 cm³/mol. The van der Waals surface area contributed by atoms with Crippen LogP contribution in [0.25, 0.3) is 17.1 Å². The molecule has 4 aromatic rings. The summed E-state index contributed by atoms with van der Waals surface area (Å²) in [5.74, 6) is -0.0321. The molecule has 0 unspecified atom stereocenters. The number of thioether (sulfide) groups is 1. The third-order valence-corrected chi connectivity index (χ3v) is 5.67. The largest absolute Gasteiger partial charge is 0.293 e. The maximum absolute atomic E-state index is 13.9. The Balaban J connectivity index is 1.69. The van der Waals surface area contributed by atoms with Gasteiger partial charge in [0, 0.05) is 11.3 Å². The summed E-state index contributed by atoms with van der Waals surface area (Å²) in [5.41, 5.74) is 4.23. The summed E-state index contributed by atoms with van der Waals surface area (Å²) in [7, 11) is 0. The highest BCUT2D eigenvalue weighted by atomic mass is 32.2. The SMILES string of the molecule is Cc1ccc(-c2nnc(SCC(=O)c3ccccc3F)n2-c2ccc(C)cc2)cc1. The Labute approximate surface area is 178 Å². The zero-order valence-corrected chi connectivity index (χ0v) is 17.5. The van der Waals surface area contributed by atoms with E-state index < -0.39 is 5.82 Å². The van der Waals surface area contributed by atoms with Crippen molar-refractivity contribution in [2.24, 2.45) is 0 Å². The number of Topliss-reactive ketones (excluding diaryl/α,β-unsaturated/α-hetero) is 1. The van der Waals surface area contributed by atoms with Crippen molar-refractivity contribution in [3.05, 3.63) is 95.3 Å². The van der Waals surface area contributed by atoms with Crippen LogP contribution in [-0.2, 0) is 0 Å². The van der Waals surface area contributed by atoms with Crippen molar-refractivity contribution >= 4 is 17.5 Å². The summed E-state index contributed by atoms with van der Waals surface area (Å²) in [6.45, 7) is 4.06. The fraction of sp³-hybridized carbons (Fsp3) is 0.125. The fourth-order valence-corrected chi connectivity index (χ4v) is 3.91. The first kappa shape index (κ1) is 20.0. The number of carbonyl (C=O) groups is 1. The molecule has 4 rings (SSSR count). The number of halogens is 1. The van der Waals surface area contributed by atoms with E-state index in [9.17, 15) is 9.18 Å². The molecule has 0 radical (unpaired) electrons. The lowest BCUT2D eigenvalue weighted by atomic mass is 10.1. The van der Waals surface area contributed by atoms with Gasteiger partial charge in [0.15, 0.2) is 16.8 Å². The zero-order valence-electron chi connectivity index (χ0n) is 16.7. The zero-order chi connectivity index (χ0) is 21.1. The van der Waals surface area contributed by atoms with Crippen LogP contribution in [0.4, 0.5) is 4.39 Å². The minimum Gasteiger partial charge on any atom is -0.293 e. The first-order chi connectivity index (χ1) is 14.5. The molecule has 6 heteroatoms. The summed E-state index contributed by atoms with van der Waals surface area (Å²) < 4.78 is 15.9. The number of ketones is 1. The molecule has 0 fully saturated rings. The highest BCUT2D eigenvalue weighted by molar-refractivity contribution is 7.99. The maximum atomic E-state index is 13.9. The Morgan fingerprint density at radius 2 is 1.53 bits per heavy atom. The van der Waals surface area contributed by atoms with Crippen LogP contribution in [0.3, 0.4) is 0 Å². The van der Waals surface area contributed by atoms with Gasteiger partial charge in [-0.2, -0.15) is 0 Å². The summed E-state index contributed by atoms with van der Waals surface area (Å²) in [6, 6.07) is 22.1. The fourth-order valence-electron chi connectivity index (χ4n) is 3.07. The highest BCUT2D eigenvalue weighted by Gasteiger charge is 2.18. The van der Waals surface area contributed by atoms with Gasteiger partial charge in [0.05, 0.1) is 11.3 Å². The van der Waals surface area contributed by atoms with Crippen molar-refractivity contribution < 1.29 is 9.18 Å². The van der Waals surface area contributed by atoms with E-state index in [1.54, 1.807) is 12.1 Å². The Bertz CT molecular complexity index is 1180. The molecule has 4 nitrogen and oxygen atoms in total. The molecule has 0 N–H and O–H groups in total. The normalized spacial score (nSPS) is 10.9. The smallest absolute Gasteiger partial charge is 0.196 e. The predicted octanol–water partition coefficient (Wildman–Crippen LogP) is 5.67. The molecule has 0 amide bonds. The van der Waals surface area contributed by atoms with Gasteiger partial charge in [0.1, 0.15) is 5.82 Å². The van der Waals surface area contributed by atoms with Crippen molar-refractivity contribution in [1.29, 1.82) is 0 Å². The standard InChI is InChI=1S/C24H20FN3OS/c1-16-7-11-18(12-8-16)23-26-27-24(28(23)19-13-9-17(2)10-14-19)30-15-22(29)20-5-3-4-6-21(20)25/h3-14H,15H2,1-2H3. The summed E-state index contributed by atoms with van der Waals surface area (Å²) >= 11 is 1.25. The van der Waals surface area contributed by atoms with Crippen LogP contribution < -0.4 is 0 Å². The molecular weight excluding hydrogens is 397 g/mol. The molecule has 0 saturated heterocycles. The third-order valence-electron chi connectivity index (χ3n) is 4.74. The maximum Gasteiger partial charge on any atom is 0.196 e. The van der Waals surface area contributed by atoms with Crippen LogP contribution in [-0.4, -0.2) is 26.3 Å². The van der Waals surface area contributed by atoms with E-state index >= 15 is 0 Å². The van der Waals surface area contributed by atoms with Crippen molar-refractivity contribution in [2.75, 3.05) is 5.75 Å². The minimum atomic E-state index is -0.511. The van der Waals surface area contributed by atoms with E-state index in [0.717, 1.165) is 22.4 Å². The van der Waals surface area contributed by atoms with Crippen LogP contribution in [0.15, 0.2) is 78.0 Å². The van der Waals surface area contributed by atoms with Gasteiger partial charge >= 0.3 is 0 Å². The minimum absolute atomic E-state index is 0.0683. The number of carbonyl (C=O) groups excluding carboxylic acids is 1. The Kier molecular flexibility index (Phi) is 5.77.